The van der Waals surface area contributed by atoms with Gasteiger partial charge in [-0.1, -0.05) is 44.2 Å². The van der Waals surface area contributed by atoms with E-state index in [2.05, 4.69) is 0 Å². The molecule has 0 aromatic heterocycles. The number of carbonyl (C=O) groups excluding carboxylic acids is 2. The third-order valence-electron chi connectivity index (χ3n) is 2.10. The van der Waals surface area contributed by atoms with Crippen LogP contribution >= 0.6 is 0 Å². The highest BCUT2D eigenvalue weighted by molar-refractivity contribution is 5.93. The van der Waals surface area contributed by atoms with E-state index in [0.29, 0.717) is 13.0 Å². The van der Waals surface area contributed by atoms with Gasteiger partial charge in [-0.3, -0.25) is 9.59 Å². The molecule has 0 N–H and O–H groups in total. The van der Waals surface area contributed by atoms with Crippen LogP contribution in [0.4, 0.5) is 0 Å². The Hall–Kier alpha value is -1.64. The van der Waals surface area contributed by atoms with Gasteiger partial charge in [0.1, 0.15) is 0 Å². The maximum Gasteiger partial charge on any atom is 0.305 e. The average molecular weight is 250 g/mol. The third kappa shape index (κ3) is 8.50. The van der Waals surface area contributed by atoms with Gasteiger partial charge in [-0.05, 0) is 19.8 Å². The molecule has 1 aromatic carbocycles. The van der Waals surface area contributed by atoms with Crippen molar-refractivity contribution < 1.29 is 14.3 Å². The summed E-state index contributed by atoms with van der Waals surface area (Å²) in [5.74, 6) is 0.0509. The van der Waals surface area contributed by atoms with E-state index in [1.807, 2.05) is 44.2 Å². The molecule has 0 saturated heterocycles. The predicted octanol–water partition coefficient (Wildman–Crippen LogP) is 3.63. The molecule has 100 valence electrons. The maximum atomic E-state index is 10.6. The molecule has 0 radical (unpaired) electrons. The van der Waals surface area contributed by atoms with Crippen LogP contribution in [0.1, 0.15) is 50.4 Å². The van der Waals surface area contributed by atoms with E-state index in [9.17, 15) is 9.59 Å². The largest absolute Gasteiger partial charge is 0.466 e. The van der Waals surface area contributed by atoms with Crippen molar-refractivity contribution in [1.82, 2.24) is 0 Å². The number of carbonyl (C=O) groups is 2. The smallest absolute Gasteiger partial charge is 0.305 e. The molecular weight excluding hydrogens is 228 g/mol. The van der Waals surface area contributed by atoms with Crippen LogP contribution in [0.5, 0.6) is 0 Å². The molecule has 3 heteroatoms. The number of ketones is 1. The summed E-state index contributed by atoms with van der Waals surface area (Å²) in [5.41, 5.74) is 0.775. The minimum Gasteiger partial charge on any atom is -0.466 e. The summed E-state index contributed by atoms with van der Waals surface area (Å²) in [4.78, 5) is 21.2. The summed E-state index contributed by atoms with van der Waals surface area (Å²) >= 11 is 0. The molecular formula is C15H22O3. The number of esters is 1. The summed E-state index contributed by atoms with van der Waals surface area (Å²) in [5, 5.41) is 0. The van der Waals surface area contributed by atoms with Gasteiger partial charge in [0.2, 0.25) is 0 Å². The van der Waals surface area contributed by atoms with Crippen LogP contribution in [-0.2, 0) is 9.53 Å². The lowest BCUT2D eigenvalue weighted by Gasteiger charge is -1.99. The topological polar surface area (TPSA) is 43.4 Å². The SMILES string of the molecule is CC(=O)c1ccccc1.CCCOC(=O)CCC. The maximum absolute atomic E-state index is 10.6. The molecule has 0 saturated carbocycles. The van der Waals surface area contributed by atoms with E-state index in [1.54, 1.807) is 6.92 Å². The fraction of sp³-hybridized carbons (Fsp3) is 0.467. The number of Topliss-reactive ketones (excluding diaryl/α,β-unsaturated/α-hetero) is 1. The second-order valence-corrected chi connectivity index (χ2v) is 3.89. The van der Waals surface area contributed by atoms with E-state index in [0.717, 1.165) is 18.4 Å². The van der Waals surface area contributed by atoms with Crippen LogP contribution in [0.3, 0.4) is 0 Å². The Labute approximate surface area is 109 Å². The molecule has 0 spiro atoms. The van der Waals surface area contributed by atoms with Crippen LogP contribution in [0.2, 0.25) is 0 Å². The lowest BCUT2D eigenvalue weighted by atomic mass is 10.2. The van der Waals surface area contributed by atoms with Crippen LogP contribution < -0.4 is 0 Å². The molecule has 1 rings (SSSR count). The highest BCUT2D eigenvalue weighted by atomic mass is 16.5. The molecule has 0 bridgehead atoms. The summed E-state index contributed by atoms with van der Waals surface area (Å²) < 4.78 is 4.79. The Morgan fingerprint density at radius 3 is 2.06 bits per heavy atom. The molecule has 3 nitrogen and oxygen atoms in total. The van der Waals surface area contributed by atoms with E-state index in [-0.39, 0.29) is 11.8 Å². The van der Waals surface area contributed by atoms with Gasteiger partial charge in [-0.25, -0.2) is 0 Å². The zero-order valence-electron chi connectivity index (χ0n) is 11.4. The summed E-state index contributed by atoms with van der Waals surface area (Å²) in [6, 6.07) is 9.23. The Morgan fingerprint density at radius 1 is 1.06 bits per heavy atom. The first-order chi connectivity index (χ1) is 8.61. The van der Waals surface area contributed by atoms with Crippen molar-refractivity contribution in [2.75, 3.05) is 6.61 Å². The van der Waals surface area contributed by atoms with Crippen LogP contribution in [0.15, 0.2) is 30.3 Å². The van der Waals surface area contributed by atoms with Crippen LogP contribution in [0.25, 0.3) is 0 Å². The molecule has 0 unspecified atom stereocenters. The Morgan fingerprint density at radius 2 is 1.67 bits per heavy atom. The summed E-state index contributed by atoms with van der Waals surface area (Å²) in [6.07, 6.45) is 2.35. The molecule has 0 fully saturated rings. The number of rotatable bonds is 5. The zero-order chi connectivity index (χ0) is 13.8. The van der Waals surface area contributed by atoms with Crippen molar-refractivity contribution in [3.05, 3.63) is 35.9 Å². The summed E-state index contributed by atoms with van der Waals surface area (Å²) in [7, 11) is 0. The van der Waals surface area contributed by atoms with Crippen molar-refractivity contribution in [3.8, 4) is 0 Å². The lowest BCUT2D eigenvalue weighted by molar-refractivity contribution is -0.143. The molecule has 18 heavy (non-hydrogen) atoms. The molecule has 0 aliphatic heterocycles. The Kier molecular flexibility index (Phi) is 9.55. The van der Waals surface area contributed by atoms with Gasteiger partial charge in [-0.15, -0.1) is 0 Å². The number of hydrogen-bond donors (Lipinski definition) is 0. The molecule has 0 aliphatic rings. The summed E-state index contributed by atoms with van der Waals surface area (Å²) in [6.45, 7) is 6.08. The molecule has 0 amide bonds. The molecule has 0 heterocycles. The second kappa shape index (κ2) is 10.5. The third-order valence-corrected chi connectivity index (χ3v) is 2.10. The fourth-order valence-corrected chi connectivity index (χ4v) is 1.17. The average Bonchev–Trinajstić information content (AvgIpc) is 2.38. The van der Waals surface area contributed by atoms with E-state index in [1.165, 1.54) is 0 Å². The Bertz CT molecular complexity index is 344. The van der Waals surface area contributed by atoms with Gasteiger partial charge < -0.3 is 4.74 Å². The zero-order valence-corrected chi connectivity index (χ0v) is 11.4. The van der Waals surface area contributed by atoms with E-state index in [4.69, 9.17) is 4.74 Å². The van der Waals surface area contributed by atoms with Crippen LogP contribution in [-0.4, -0.2) is 18.4 Å². The van der Waals surface area contributed by atoms with Gasteiger partial charge in [0, 0.05) is 12.0 Å². The first kappa shape index (κ1) is 16.4. The minimum atomic E-state index is -0.0700. The van der Waals surface area contributed by atoms with Gasteiger partial charge >= 0.3 is 5.97 Å². The minimum absolute atomic E-state index is 0.0700. The van der Waals surface area contributed by atoms with E-state index >= 15 is 0 Å². The number of ether oxygens (including phenoxy) is 1. The fourth-order valence-electron chi connectivity index (χ4n) is 1.17. The van der Waals surface area contributed by atoms with Crippen molar-refractivity contribution in [2.45, 2.75) is 40.0 Å². The number of benzene rings is 1. The van der Waals surface area contributed by atoms with Gasteiger partial charge in [-0.2, -0.15) is 0 Å². The van der Waals surface area contributed by atoms with E-state index < -0.39 is 0 Å². The first-order valence-electron chi connectivity index (χ1n) is 6.33. The molecule has 0 atom stereocenters. The van der Waals surface area contributed by atoms with Gasteiger partial charge in [0.15, 0.2) is 5.78 Å². The molecule has 0 aliphatic carbocycles. The monoisotopic (exact) mass is 250 g/mol. The second-order valence-electron chi connectivity index (χ2n) is 3.89. The van der Waals surface area contributed by atoms with Crippen molar-refractivity contribution >= 4 is 11.8 Å². The standard InChI is InChI=1S/C8H8O.C7H14O2/c1-7(9)8-5-3-2-4-6-8;1-3-5-7(8)9-6-4-2/h2-6H,1H3;3-6H2,1-2H3. The van der Waals surface area contributed by atoms with Crippen LogP contribution in [0, 0.1) is 0 Å². The highest BCUT2D eigenvalue weighted by Gasteiger charge is 1.96. The molecule has 1 aromatic rings. The quantitative estimate of drug-likeness (QED) is 0.592. The highest BCUT2D eigenvalue weighted by Crippen LogP contribution is 1.97. The van der Waals surface area contributed by atoms with Gasteiger partial charge in [0.25, 0.3) is 0 Å². The van der Waals surface area contributed by atoms with Crippen molar-refractivity contribution in [3.63, 3.8) is 0 Å². The number of hydrogen-bond acceptors (Lipinski definition) is 3. The lowest BCUT2D eigenvalue weighted by Crippen LogP contribution is -2.03. The van der Waals surface area contributed by atoms with Crippen molar-refractivity contribution in [1.29, 1.82) is 0 Å². The first-order valence-corrected chi connectivity index (χ1v) is 6.33. The normalized spacial score (nSPS) is 9.06. The Balaban J connectivity index is 0.000000321. The van der Waals surface area contributed by atoms with Crippen molar-refractivity contribution in [2.24, 2.45) is 0 Å². The van der Waals surface area contributed by atoms with Gasteiger partial charge in [0.05, 0.1) is 6.61 Å². The predicted molar refractivity (Wildman–Crippen MR) is 72.6 cm³/mol.